The molecule has 17 heavy (non-hydrogen) atoms. The molecule has 0 aliphatic carbocycles. The molecule has 94 valence electrons. The molecular weight excluding hydrogens is 238 g/mol. The van der Waals surface area contributed by atoms with Crippen LogP contribution in [0.4, 0.5) is 0 Å². The van der Waals surface area contributed by atoms with Crippen molar-refractivity contribution < 1.29 is 14.3 Å². The molecule has 0 saturated carbocycles. The lowest BCUT2D eigenvalue weighted by molar-refractivity contribution is -0.148. The molecular formula is C12H17NO3S. The predicted molar refractivity (Wildman–Crippen MR) is 66.2 cm³/mol. The van der Waals surface area contributed by atoms with Gasteiger partial charge in [0.2, 0.25) is 0 Å². The molecule has 2 heterocycles. The Morgan fingerprint density at radius 2 is 2.53 bits per heavy atom. The molecule has 0 aromatic carbocycles. The number of amides is 1. The molecule has 1 saturated heterocycles. The van der Waals surface area contributed by atoms with E-state index < -0.39 is 6.10 Å². The fraction of sp³-hybridized carbons (Fsp3) is 0.583. The minimum Gasteiger partial charge on any atom is -0.376 e. The Morgan fingerprint density at radius 1 is 1.65 bits per heavy atom. The lowest BCUT2D eigenvalue weighted by Crippen LogP contribution is -2.46. The van der Waals surface area contributed by atoms with Crippen molar-refractivity contribution in [1.82, 2.24) is 5.32 Å². The second kappa shape index (κ2) is 6.14. The summed E-state index contributed by atoms with van der Waals surface area (Å²) in [6.07, 6.45) is 0.409. The van der Waals surface area contributed by atoms with Gasteiger partial charge < -0.3 is 14.8 Å². The Morgan fingerprint density at radius 3 is 3.18 bits per heavy atom. The van der Waals surface area contributed by atoms with Gasteiger partial charge >= 0.3 is 0 Å². The number of ether oxygens (including phenoxy) is 2. The SMILES string of the molecule is C[C@@H](Cc1cccs1)NC(=O)[C@@H]1COCCO1. The van der Waals surface area contributed by atoms with E-state index in [1.807, 2.05) is 18.4 Å². The maximum absolute atomic E-state index is 11.8. The van der Waals surface area contributed by atoms with Crippen LogP contribution in [-0.2, 0) is 20.7 Å². The Kier molecular flexibility index (Phi) is 4.53. The van der Waals surface area contributed by atoms with Gasteiger partial charge in [0, 0.05) is 17.3 Å². The van der Waals surface area contributed by atoms with Crippen molar-refractivity contribution in [3.8, 4) is 0 Å². The normalized spacial score (nSPS) is 22.1. The monoisotopic (exact) mass is 255 g/mol. The molecule has 2 rings (SSSR count). The minimum atomic E-state index is -0.450. The van der Waals surface area contributed by atoms with Gasteiger partial charge in [-0.2, -0.15) is 0 Å². The fourth-order valence-corrected chi connectivity index (χ4v) is 2.59. The zero-order valence-corrected chi connectivity index (χ0v) is 10.7. The Labute approximate surface area is 105 Å². The van der Waals surface area contributed by atoms with E-state index in [1.165, 1.54) is 4.88 Å². The summed E-state index contributed by atoms with van der Waals surface area (Å²) in [7, 11) is 0. The number of carbonyl (C=O) groups excluding carboxylic acids is 1. The van der Waals surface area contributed by atoms with E-state index in [1.54, 1.807) is 11.3 Å². The van der Waals surface area contributed by atoms with E-state index >= 15 is 0 Å². The molecule has 0 spiro atoms. The summed E-state index contributed by atoms with van der Waals surface area (Å²) in [4.78, 5) is 13.1. The Balaban J connectivity index is 1.77. The zero-order valence-electron chi connectivity index (χ0n) is 9.85. The third kappa shape index (κ3) is 3.80. The highest BCUT2D eigenvalue weighted by Crippen LogP contribution is 2.11. The molecule has 2 atom stereocenters. The molecule has 1 aliphatic rings. The van der Waals surface area contributed by atoms with Gasteiger partial charge in [-0.05, 0) is 18.4 Å². The fourth-order valence-electron chi connectivity index (χ4n) is 1.76. The zero-order chi connectivity index (χ0) is 12.1. The highest BCUT2D eigenvalue weighted by molar-refractivity contribution is 7.09. The van der Waals surface area contributed by atoms with Crippen molar-refractivity contribution in [2.75, 3.05) is 19.8 Å². The van der Waals surface area contributed by atoms with Crippen LogP contribution < -0.4 is 5.32 Å². The molecule has 5 heteroatoms. The lowest BCUT2D eigenvalue weighted by Gasteiger charge is -2.23. The van der Waals surface area contributed by atoms with Crippen molar-refractivity contribution in [2.24, 2.45) is 0 Å². The van der Waals surface area contributed by atoms with Crippen LogP contribution in [0, 0.1) is 0 Å². The Bertz CT molecular complexity index is 347. The van der Waals surface area contributed by atoms with E-state index in [4.69, 9.17) is 9.47 Å². The molecule has 1 amide bonds. The summed E-state index contributed by atoms with van der Waals surface area (Å²) in [6, 6.07) is 4.21. The first kappa shape index (κ1) is 12.5. The molecule has 1 fully saturated rings. The molecule has 4 nitrogen and oxygen atoms in total. The maximum Gasteiger partial charge on any atom is 0.251 e. The third-order valence-corrected chi connectivity index (χ3v) is 3.48. The summed E-state index contributed by atoms with van der Waals surface area (Å²) in [6.45, 7) is 3.44. The van der Waals surface area contributed by atoms with Crippen LogP contribution in [0.1, 0.15) is 11.8 Å². The van der Waals surface area contributed by atoms with E-state index in [2.05, 4.69) is 11.4 Å². The maximum atomic E-state index is 11.8. The summed E-state index contributed by atoms with van der Waals surface area (Å²) in [5.74, 6) is -0.0752. The van der Waals surface area contributed by atoms with Gasteiger partial charge in [-0.3, -0.25) is 4.79 Å². The van der Waals surface area contributed by atoms with Gasteiger partial charge in [-0.1, -0.05) is 6.07 Å². The number of hydrogen-bond donors (Lipinski definition) is 1. The van der Waals surface area contributed by atoms with E-state index in [-0.39, 0.29) is 11.9 Å². The van der Waals surface area contributed by atoms with Crippen molar-refractivity contribution >= 4 is 17.2 Å². The van der Waals surface area contributed by atoms with Crippen LogP contribution >= 0.6 is 11.3 Å². The lowest BCUT2D eigenvalue weighted by atomic mass is 10.2. The van der Waals surface area contributed by atoms with E-state index in [0.29, 0.717) is 19.8 Å². The quantitative estimate of drug-likeness (QED) is 0.879. The van der Waals surface area contributed by atoms with Gasteiger partial charge in [0.1, 0.15) is 0 Å². The predicted octanol–water partition coefficient (Wildman–Crippen LogP) is 1.21. The third-order valence-electron chi connectivity index (χ3n) is 2.58. The van der Waals surface area contributed by atoms with Crippen LogP contribution in [0.25, 0.3) is 0 Å². The number of carbonyl (C=O) groups is 1. The first-order chi connectivity index (χ1) is 8.25. The summed E-state index contributed by atoms with van der Waals surface area (Å²) in [5.41, 5.74) is 0. The van der Waals surface area contributed by atoms with Gasteiger partial charge in [-0.15, -0.1) is 11.3 Å². The minimum absolute atomic E-state index is 0.0752. The highest BCUT2D eigenvalue weighted by atomic mass is 32.1. The van der Waals surface area contributed by atoms with E-state index in [9.17, 15) is 4.79 Å². The van der Waals surface area contributed by atoms with Gasteiger partial charge in [0.05, 0.1) is 19.8 Å². The summed E-state index contributed by atoms with van der Waals surface area (Å²) >= 11 is 1.71. The van der Waals surface area contributed by atoms with Gasteiger partial charge in [0.25, 0.3) is 5.91 Å². The van der Waals surface area contributed by atoms with Crippen molar-refractivity contribution in [3.63, 3.8) is 0 Å². The summed E-state index contributed by atoms with van der Waals surface area (Å²) in [5, 5.41) is 4.99. The molecule has 0 bridgehead atoms. The molecule has 1 aromatic heterocycles. The van der Waals surface area contributed by atoms with Gasteiger partial charge in [-0.25, -0.2) is 0 Å². The summed E-state index contributed by atoms with van der Waals surface area (Å²) < 4.78 is 10.5. The molecule has 1 aromatic rings. The van der Waals surface area contributed by atoms with Gasteiger partial charge in [0.15, 0.2) is 6.10 Å². The second-order valence-corrected chi connectivity index (χ2v) is 5.16. The van der Waals surface area contributed by atoms with Crippen LogP contribution in [0.15, 0.2) is 17.5 Å². The van der Waals surface area contributed by atoms with Crippen molar-refractivity contribution in [2.45, 2.75) is 25.5 Å². The average molecular weight is 255 g/mol. The molecule has 0 radical (unpaired) electrons. The Hall–Kier alpha value is -0.910. The number of rotatable bonds is 4. The molecule has 1 aliphatic heterocycles. The van der Waals surface area contributed by atoms with E-state index in [0.717, 1.165) is 6.42 Å². The first-order valence-corrected chi connectivity index (χ1v) is 6.66. The average Bonchev–Trinajstić information content (AvgIpc) is 2.82. The number of nitrogens with one attached hydrogen (secondary N) is 1. The smallest absolute Gasteiger partial charge is 0.251 e. The van der Waals surface area contributed by atoms with Crippen LogP contribution in [-0.4, -0.2) is 37.9 Å². The van der Waals surface area contributed by atoms with Crippen LogP contribution in [0.3, 0.4) is 0 Å². The number of thiophene rings is 1. The van der Waals surface area contributed by atoms with Crippen LogP contribution in [0.2, 0.25) is 0 Å². The standard InChI is InChI=1S/C12H17NO3S/c1-9(7-10-3-2-6-17-10)13-12(14)11-8-15-4-5-16-11/h2-3,6,9,11H,4-5,7-8H2,1H3,(H,13,14)/t9-,11-/m0/s1. The first-order valence-electron chi connectivity index (χ1n) is 5.78. The highest BCUT2D eigenvalue weighted by Gasteiger charge is 2.23. The van der Waals surface area contributed by atoms with Crippen molar-refractivity contribution in [3.05, 3.63) is 22.4 Å². The topological polar surface area (TPSA) is 47.6 Å². The van der Waals surface area contributed by atoms with Crippen molar-refractivity contribution in [1.29, 1.82) is 0 Å². The molecule has 1 N–H and O–H groups in total. The second-order valence-electron chi connectivity index (χ2n) is 4.13. The number of hydrogen-bond acceptors (Lipinski definition) is 4. The molecule has 0 unspecified atom stereocenters. The largest absolute Gasteiger partial charge is 0.376 e. The van der Waals surface area contributed by atoms with Crippen LogP contribution in [0.5, 0.6) is 0 Å².